The molecular weight excluding hydrogens is 248 g/mol. The Bertz CT molecular complexity index is 323. The molecule has 2 bridgehead atoms. The molecule has 1 aliphatic carbocycles. The number of carbonyl (C=O) groups is 1. The lowest BCUT2D eigenvalue weighted by Crippen LogP contribution is -2.43. The molecule has 3 fully saturated rings. The fraction of sp³-hybridized carbons (Fsp3) is 0.941. The van der Waals surface area contributed by atoms with Crippen LogP contribution in [0.1, 0.15) is 53.4 Å². The minimum Gasteiger partial charge on any atom is -0.340 e. The third kappa shape index (κ3) is 3.36. The number of nitrogens with zero attached hydrogens (tertiary/aromatic N) is 2. The van der Waals surface area contributed by atoms with Crippen molar-refractivity contribution in [3.05, 3.63) is 0 Å². The van der Waals surface area contributed by atoms with Crippen molar-refractivity contribution in [2.24, 2.45) is 17.8 Å². The second-order valence-electron chi connectivity index (χ2n) is 6.80. The highest BCUT2D eigenvalue weighted by atomic mass is 16.2. The number of hydrogen-bond acceptors (Lipinski definition) is 2. The molecule has 3 aliphatic rings. The highest BCUT2D eigenvalue weighted by Crippen LogP contribution is 2.42. The van der Waals surface area contributed by atoms with Crippen LogP contribution in [0.2, 0.25) is 0 Å². The summed E-state index contributed by atoms with van der Waals surface area (Å²) in [5.41, 5.74) is 0. The molecule has 2 saturated heterocycles. The molecule has 2 aliphatic heterocycles. The molecule has 0 aromatic rings. The summed E-state index contributed by atoms with van der Waals surface area (Å²) in [7, 11) is 0. The van der Waals surface area contributed by atoms with Gasteiger partial charge in [0.1, 0.15) is 0 Å². The molecule has 0 aromatic carbocycles. The van der Waals surface area contributed by atoms with E-state index in [4.69, 9.17) is 0 Å². The van der Waals surface area contributed by atoms with E-state index in [1.54, 1.807) is 6.92 Å². The molecule has 3 unspecified atom stereocenters. The SMILES string of the molecule is CC.CC(=O)N1CC2CC1CC2CN1CCC(C)CC1. The van der Waals surface area contributed by atoms with Crippen LogP contribution in [0.3, 0.4) is 0 Å². The van der Waals surface area contributed by atoms with Crippen LogP contribution < -0.4 is 0 Å². The average Bonchev–Trinajstić information content (AvgIpc) is 3.03. The molecule has 1 saturated carbocycles. The second kappa shape index (κ2) is 6.93. The highest BCUT2D eigenvalue weighted by molar-refractivity contribution is 5.74. The molecule has 1 amide bonds. The Balaban J connectivity index is 0.000000704. The summed E-state index contributed by atoms with van der Waals surface area (Å²) in [6, 6.07) is 0.571. The van der Waals surface area contributed by atoms with Gasteiger partial charge in [-0.25, -0.2) is 0 Å². The molecule has 3 atom stereocenters. The smallest absolute Gasteiger partial charge is 0.219 e. The van der Waals surface area contributed by atoms with Gasteiger partial charge >= 0.3 is 0 Å². The first kappa shape index (κ1) is 15.8. The van der Waals surface area contributed by atoms with Gasteiger partial charge in [0.15, 0.2) is 0 Å². The molecule has 0 N–H and O–H groups in total. The molecular formula is C17H32N2O. The van der Waals surface area contributed by atoms with E-state index in [1.165, 1.54) is 45.3 Å². The molecule has 3 nitrogen and oxygen atoms in total. The first-order valence-electron chi connectivity index (χ1n) is 8.63. The maximum absolute atomic E-state index is 11.5. The zero-order valence-electron chi connectivity index (χ0n) is 13.8. The van der Waals surface area contributed by atoms with Gasteiger partial charge in [-0.1, -0.05) is 20.8 Å². The van der Waals surface area contributed by atoms with Crippen LogP contribution in [0.25, 0.3) is 0 Å². The summed E-state index contributed by atoms with van der Waals surface area (Å²) in [6.07, 6.45) is 5.28. The number of amides is 1. The Morgan fingerprint density at radius 3 is 2.30 bits per heavy atom. The predicted octanol–water partition coefficient (Wildman–Crippen LogP) is 3.00. The predicted molar refractivity (Wildman–Crippen MR) is 83.6 cm³/mol. The van der Waals surface area contributed by atoms with Crippen molar-refractivity contribution >= 4 is 5.91 Å². The van der Waals surface area contributed by atoms with E-state index in [0.29, 0.717) is 6.04 Å². The molecule has 0 spiro atoms. The average molecular weight is 280 g/mol. The van der Waals surface area contributed by atoms with Crippen LogP contribution in [0.4, 0.5) is 0 Å². The van der Waals surface area contributed by atoms with E-state index in [-0.39, 0.29) is 5.91 Å². The van der Waals surface area contributed by atoms with Crippen molar-refractivity contribution < 1.29 is 4.79 Å². The fourth-order valence-corrected chi connectivity index (χ4v) is 4.25. The van der Waals surface area contributed by atoms with Gasteiger partial charge in [-0.05, 0) is 56.5 Å². The third-order valence-electron chi connectivity index (χ3n) is 5.46. The minimum absolute atomic E-state index is 0.285. The Hall–Kier alpha value is -0.570. The van der Waals surface area contributed by atoms with Crippen LogP contribution in [-0.2, 0) is 4.79 Å². The Morgan fingerprint density at radius 2 is 1.80 bits per heavy atom. The van der Waals surface area contributed by atoms with Crippen molar-refractivity contribution in [2.45, 2.75) is 59.4 Å². The summed E-state index contributed by atoms with van der Waals surface area (Å²) in [4.78, 5) is 16.3. The van der Waals surface area contributed by atoms with Crippen molar-refractivity contribution in [3.8, 4) is 0 Å². The summed E-state index contributed by atoms with van der Waals surface area (Å²) >= 11 is 0. The van der Waals surface area contributed by atoms with Gasteiger partial charge in [0.25, 0.3) is 0 Å². The summed E-state index contributed by atoms with van der Waals surface area (Å²) < 4.78 is 0. The normalized spacial score (nSPS) is 34.0. The van der Waals surface area contributed by atoms with Crippen LogP contribution in [0.15, 0.2) is 0 Å². The van der Waals surface area contributed by atoms with E-state index in [9.17, 15) is 4.79 Å². The quantitative estimate of drug-likeness (QED) is 0.776. The van der Waals surface area contributed by atoms with Gasteiger partial charge in [0.05, 0.1) is 0 Å². The molecule has 0 aromatic heterocycles. The van der Waals surface area contributed by atoms with E-state index in [0.717, 1.165) is 24.3 Å². The lowest BCUT2D eigenvalue weighted by Gasteiger charge is -2.36. The van der Waals surface area contributed by atoms with Crippen LogP contribution in [0.5, 0.6) is 0 Å². The summed E-state index contributed by atoms with van der Waals surface area (Å²) in [5.74, 6) is 2.86. The molecule has 20 heavy (non-hydrogen) atoms. The maximum Gasteiger partial charge on any atom is 0.219 e. The first-order valence-corrected chi connectivity index (χ1v) is 8.63. The van der Waals surface area contributed by atoms with Gasteiger partial charge in [-0.2, -0.15) is 0 Å². The van der Waals surface area contributed by atoms with Crippen LogP contribution >= 0.6 is 0 Å². The topological polar surface area (TPSA) is 23.6 Å². The molecule has 3 heteroatoms. The summed E-state index contributed by atoms with van der Waals surface area (Å²) in [5, 5.41) is 0. The van der Waals surface area contributed by atoms with Crippen molar-refractivity contribution in [3.63, 3.8) is 0 Å². The van der Waals surface area contributed by atoms with Gasteiger partial charge in [0.2, 0.25) is 5.91 Å². The van der Waals surface area contributed by atoms with E-state index in [1.807, 2.05) is 13.8 Å². The van der Waals surface area contributed by atoms with Gasteiger partial charge in [0, 0.05) is 26.1 Å². The number of hydrogen-bond donors (Lipinski definition) is 0. The lowest BCUT2D eigenvalue weighted by molar-refractivity contribution is -0.130. The fourth-order valence-electron chi connectivity index (χ4n) is 4.25. The number of carbonyl (C=O) groups excluding carboxylic acids is 1. The van der Waals surface area contributed by atoms with Crippen LogP contribution in [0, 0.1) is 17.8 Å². The Morgan fingerprint density at radius 1 is 1.15 bits per heavy atom. The molecule has 116 valence electrons. The number of likely N-dealkylation sites (tertiary alicyclic amines) is 2. The largest absolute Gasteiger partial charge is 0.340 e. The van der Waals surface area contributed by atoms with Gasteiger partial charge < -0.3 is 9.80 Å². The van der Waals surface area contributed by atoms with Gasteiger partial charge in [-0.3, -0.25) is 4.79 Å². The van der Waals surface area contributed by atoms with Crippen molar-refractivity contribution in [1.82, 2.24) is 9.80 Å². The Labute approximate surface area is 124 Å². The molecule has 2 heterocycles. The second-order valence-corrected chi connectivity index (χ2v) is 6.80. The standard InChI is InChI=1S/C15H26N2O.C2H6/c1-11-3-5-16(6-4-11)9-13-7-15-8-14(13)10-17(15)12(2)18;1-2/h11,13-15H,3-10H2,1-2H3;1-2H3. The third-order valence-corrected chi connectivity index (χ3v) is 5.46. The van der Waals surface area contributed by atoms with E-state index >= 15 is 0 Å². The number of rotatable bonds is 2. The minimum atomic E-state index is 0.285. The number of fused-ring (bicyclic) bond motifs is 2. The molecule has 0 radical (unpaired) electrons. The maximum atomic E-state index is 11.5. The van der Waals surface area contributed by atoms with E-state index < -0.39 is 0 Å². The number of piperidine rings is 2. The van der Waals surface area contributed by atoms with Crippen molar-refractivity contribution in [1.29, 1.82) is 0 Å². The zero-order valence-corrected chi connectivity index (χ0v) is 13.8. The zero-order chi connectivity index (χ0) is 14.7. The lowest BCUT2D eigenvalue weighted by atomic mass is 9.92. The summed E-state index contributed by atoms with van der Waals surface area (Å²) in [6.45, 7) is 13.0. The Kier molecular flexibility index (Phi) is 5.48. The van der Waals surface area contributed by atoms with Crippen LogP contribution in [-0.4, -0.2) is 47.9 Å². The van der Waals surface area contributed by atoms with Gasteiger partial charge in [-0.15, -0.1) is 0 Å². The first-order chi connectivity index (χ1) is 9.63. The van der Waals surface area contributed by atoms with Crippen molar-refractivity contribution in [2.75, 3.05) is 26.2 Å². The van der Waals surface area contributed by atoms with E-state index in [2.05, 4.69) is 16.7 Å². The molecule has 3 rings (SSSR count). The monoisotopic (exact) mass is 280 g/mol. The highest BCUT2D eigenvalue weighted by Gasteiger charge is 2.45.